The van der Waals surface area contributed by atoms with Gasteiger partial charge in [-0.2, -0.15) is 0 Å². The number of sulfonamides is 1. The summed E-state index contributed by atoms with van der Waals surface area (Å²) in [6.07, 6.45) is 5.82. The zero-order chi connectivity index (χ0) is 15.2. The zero-order valence-electron chi connectivity index (χ0n) is 12.5. The molecule has 0 spiro atoms. The summed E-state index contributed by atoms with van der Waals surface area (Å²) in [6.45, 7) is 3.88. The number of rotatable bonds is 8. The number of carboxylic acids is 1. The van der Waals surface area contributed by atoms with Crippen molar-refractivity contribution >= 4 is 16.0 Å². The van der Waals surface area contributed by atoms with Crippen LogP contribution in [0.1, 0.15) is 52.4 Å². The van der Waals surface area contributed by atoms with Gasteiger partial charge >= 0.3 is 5.97 Å². The minimum Gasteiger partial charge on any atom is -0.481 e. The third kappa shape index (κ3) is 6.70. The molecule has 1 aliphatic carbocycles. The number of nitrogens with one attached hydrogen (secondary N) is 1. The molecule has 1 unspecified atom stereocenters. The Morgan fingerprint density at radius 3 is 2.35 bits per heavy atom. The van der Waals surface area contributed by atoms with Crippen LogP contribution in [0.25, 0.3) is 0 Å². The summed E-state index contributed by atoms with van der Waals surface area (Å²) in [5, 5.41) is 9.11. The largest absolute Gasteiger partial charge is 0.481 e. The van der Waals surface area contributed by atoms with E-state index in [-0.39, 0.29) is 24.1 Å². The molecule has 118 valence electrons. The number of carboxylic acid groups (broad SMARTS) is 1. The zero-order valence-corrected chi connectivity index (χ0v) is 13.3. The smallest absolute Gasteiger partial charge is 0.307 e. The second-order valence-electron chi connectivity index (χ2n) is 6.30. The highest BCUT2D eigenvalue weighted by Gasteiger charge is 2.24. The molecule has 0 aromatic rings. The van der Waals surface area contributed by atoms with Crippen molar-refractivity contribution in [1.29, 1.82) is 0 Å². The molecule has 0 aromatic heterocycles. The van der Waals surface area contributed by atoms with Gasteiger partial charge in [-0.05, 0) is 31.1 Å². The first kappa shape index (κ1) is 17.4. The predicted molar refractivity (Wildman–Crippen MR) is 78.9 cm³/mol. The van der Waals surface area contributed by atoms with Gasteiger partial charge < -0.3 is 5.11 Å². The van der Waals surface area contributed by atoms with Crippen molar-refractivity contribution in [1.82, 2.24) is 4.72 Å². The minimum absolute atomic E-state index is 0.00255. The van der Waals surface area contributed by atoms with E-state index in [1.165, 1.54) is 6.42 Å². The van der Waals surface area contributed by atoms with Crippen molar-refractivity contribution in [2.24, 2.45) is 17.8 Å². The highest BCUT2D eigenvalue weighted by atomic mass is 32.2. The second-order valence-corrected chi connectivity index (χ2v) is 8.15. The molecule has 0 radical (unpaired) electrons. The normalized spacial score (nSPS) is 19.1. The highest BCUT2D eigenvalue weighted by Crippen LogP contribution is 2.24. The summed E-state index contributed by atoms with van der Waals surface area (Å²) in [5.74, 6) is -0.968. The molecule has 2 N–H and O–H groups in total. The van der Waals surface area contributed by atoms with Gasteiger partial charge in [0.15, 0.2) is 0 Å². The monoisotopic (exact) mass is 305 g/mol. The van der Waals surface area contributed by atoms with Crippen LogP contribution in [-0.2, 0) is 14.8 Å². The molecule has 1 fully saturated rings. The van der Waals surface area contributed by atoms with E-state index in [0.717, 1.165) is 25.7 Å². The van der Waals surface area contributed by atoms with Gasteiger partial charge in [-0.15, -0.1) is 0 Å². The van der Waals surface area contributed by atoms with Gasteiger partial charge in [0.2, 0.25) is 10.0 Å². The van der Waals surface area contributed by atoms with Crippen molar-refractivity contribution in [3.8, 4) is 0 Å². The van der Waals surface area contributed by atoms with E-state index in [1.807, 2.05) is 13.8 Å². The quantitative estimate of drug-likeness (QED) is 0.720. The Hall–Kier alpha value is -0.620. The third-order valence-electron chi connectivity index (χ3n) is 3.83. The number of aliphatic carboxylic acids is 1. The van der Waals surface area contributed by atoms with E-state index in [4.69, 9.17) is 5.11 Å². The average molecular weight is 305 g/mol. The van der Waals surface area contributed by atoms with E-state index >= 15 is 0 Å². The lowest BCUT2D eigenvalue weighted by atomic mass is 9.91. The predicted octanol–water partition coefficient (Wildman–Crippen LogP) is 2.23. The average Bonchev–Trinajstić information content (AvgIpc) is 2.34. The molecule has 0 bridgehead atoms. The van der Waals surface area contributed by atoms with E-state index in [1.54, 1.807) is 0 Å². The molecule has 1 atom stereocenters. The maximum absolute atomic E-state index is 12.0. The molecule has 5 nitrogen and oxygen atoms in total. The van der Waals surface area contributed by atoms with Gasteiger partial charge in [-0.25, -0.2) is 13.1 Å². The molecule has 1 saturated carbocycles. The fourth-order valence-corrected chi connectivity index (χ4v) is 4.32. The second kappa shape index (κ2) is 7.98. The molecule has 0 heterocycles. The molecule has 1 rings (SSSR count). The lowest BCUT2D eigenvalue weighted by Gasteiger charge is -2.22. The number of hydrogen-bond acceptors (Lipinski definition) is 3. The summed E-state index contributed by atoms with van der Waals surface area (Å²) in [6, 6.07) is 0. The minimum atomic E-state index is -3.36. The maximum Gasteiger partial charge on any atom is 0.307 e. The standard InChI is InChI=1S/C14H27NO4S/c1-11(2)8-13(14(16)17)9-15-20(18,19)10-12-6-4-3-5-7-12/h11-13,15H,3-10H2,1-2H3,(H,16,17). The summed E-state index contributed by atoms with van der Waals surface area (Å²) < 4.78 is 26.5. The van der Waals surface area contributed by atoms with Crippen LogP contribution in [0.5, 0.6) is 0 Å². The van der Waals surface area contributed by atoms with Crippen molar-refractivity contribution in [2.45, 2.75) is 52.4 Å². The summed E-state index contributed by atoms with van der Waals surface area (Å²) in [7, 11) is -3.36. The lowest BCUT2D eigenvalue weighted by Crippen LogP contribution is -2.36. The highest BCUT2D eigenvalue weighted by molar-refractivity contribution is 7.89. The first-order valence-electron chi connectivity index (χ1n) is 7.50. The summed E-state index contributed by atoms with van der Waals surface area (Å²) in [4.78, 5) is 11.1. The molecular weight excluding hydrogens is 278 g/mol. The molecule has 0 aliphatic heterocycles. The molecule has 20 heavy (non-hydrogen) atoms. The number of carbonyl (C=O) groups is 1. The Morgan fingerprint density at radius 2 is 1.85 bits per heavy atom. The fourth-order valence-electron chi connectivity index (χ4n) is 2.79. The van der Waals surface area contributed by atoms with Crippen LogP contribution in [0.4, 0.5) is 0 Å². The van der Waals surface area contributed by atoms with Gasteiger partial charge in [-0.3, -0.25) is 4.79 Å². The van der Waals surface area contributed by atoms with Gasteiger partial charge in [0.05, 0.1) is 11.7 Å². The van der Waals surface area contributed by atoms with E-state index in [9.17, 15) is 13.2 Å². The molecule has 1 aliphatic rings. The number of hydrogen-bond donors (Lipinski definition) is 2. The van der Waals surface area contributed by atoms with Crippen molar-refractivity contribution in [2.75, 3.05) is 12.3 Å². The molecule has 0 amide bonds. The van der Waals surface area contributed by atoms with Crippen LogP contribution in [0.15, 0.2) is 0 Å². The summed E-state index contributed by atoms with van der Waals surface area (Å²) >= 11 is 0. The van der Waals surface area contributed by atoms with E-state index < -0.39 is 21.9 Å². The van der Waals surface area contributed by atoms with Crippen LogP contribution in [-0.4, -0.2) is 31.8 Å². The lowest BCUT2D eigenvalue weighted by molar-refractivity contribution is -0.142. The van der Waals surface area contributed by atoms with Gasteiger partial charge in [0.1, 0.15) is 0 Å². The van der Waals surface area contributed by atoms with Gasteiger partial charge in [0.25, 0.3) is 0 Å². The molecular formula is C14H27NO4S. The van der Waals surface area contributed by atoms with Crippen molar-refractivity contribution in [3.05, 3.63) is 0 Å². The van der Waals surface area contributed by atoms with Crippen LogP contribution >= 0.6 is 0 Å². The van der Waals surface area contributed by atoms with Gasteiger partial charge in [0, 0.05) is 6.54 Å². The van der Waals surface area contributed by atoms with E-state index in [2.05, 4.69) is 4.72 Å². The van der Waals surface area contributed by atoms with Crippen LogP contribution in [0.2, 0.25) is 0 Å². The Labute approximate surface area is 122 Å². The summed E-state index contributed by atoms with van der Waals surface area (Å²) in [5.41, 5.74) is 0. The molecule has 6 heteroatoms. The first-order valence-corrected chi connectivity index (χ1v) is 9.15. The van der Waals surface area contributed by atoms with E-state index in [0.29, 0.717) is 6.42 Å². The van der Waals surface area contributed by atoms with Crippen LogP contribution in [0.3, 0.4) is 0 Å². The Morgan fingerprint density at radius 1 is 1.25 bits per heavy atom. The molecule has 0 aromatic carbocycles. The third-order valence-corrected chi connectivity index (χ3v) is 5.35. The van der Waals surface area contributed by atoms with Crippen LogP contribution < -0.4 is 4.72 Å². The van der Waals surface area contributed by atoms with Crippen LogP contribution in [0, 0.1) is 17.8 Å². The topological polar surface area (TPSA) is 83.5 Å². The Balaban J connectivity index is 2.45. The Kier molecular flexibility index (Phi) is 6.95. The Bertz CT molecular complexity index is 399. The fraction of sp³-hybridized carbons (Fsp3) is 0.929. The SMILES string of the molecule is CC(C)CC(CNS(=O)(=O)CC1CCCCC1)C(=O)O. The molecule has 0 saturated heterocycles. The maximum atomic E-state index is 12.0. The van der Waals surface area contributed by atoms with Crippen molar-refractivity contribution in [3.63, 3.8) is 0 Å². The first-order chi connectivity index (χ1) is 9.30. The van der Waals surface area contributed by atoms with Gasteiger partial charge in [-0.1, -0.05) is 33.1 Å². The van der Waals surface area contributed by atoms with Crippen molar-refractivity contribution < 1.29 is 18.3 Å².